The van der Waals surface area contributed by atoms with E-state index in [0.717, 1.165) is 39.7 Å². The maximum absolute atomic E-state index is 11.0. The van der Waals surface area contributed by atoms with Gasteiger partial charge in [0.15, 0.2) is 0 Å². The van der Waals surface area contributed by atoms with E-state index in [9.17, 15) is 14.4 Å². The highest BCUT2D eigenvalue weighted by Gasteiger charge is 2.13. The molecule has 12 nitrogen and oxygen atoms in total. The molecule has 1 atom stereocenters. The first kappa shape index (κ1) is 53.2. The van der Waals surface area contributed by atoms with Crippen LogP contribution >= 0.6 is 0 Å². The summed E-state index contributed by atoms with van der Waals surface area (Å²) in [6.07, 6.45) is 19.2. The number of hydrogen-bond acceptors (Lipinski definition) is 10. The van der Waals surface area contributed by atoms with Gasteiger partial charge in [-0.05, 0) is 57.9 Å². The maximum Gasteiger partial charge on any atom is 0.306 e. The van der Waals surface area contributed by atoms with Crippen LogP contribution in [-0.2, 0) is 39.9 Å². The van der Waals surface area contributed by atoms with Crippen LogP contribution in [0.15, 0.2) is 42.5 Å². The van der Waals surface area contributed by atoms with Crippen molar-refractivity contribution in [2.45, 2.75) is 137 Å². The number of aldehydes is 1. The molecule has 1 aromatic rings. The van der Waals surface area contributed by atoms with Gasteiger partial charge in [-0.2, -0.15) is 0 Å². The summed E-state index contributed by atoms with van der Waals surface area (Å²) in [6.45, 7) is 7.20. The standard InChI is InChI=1S/C16H24.C10H18O2.C7H12O5.2C2H4O2.CH4O/c1-3-9-15(10-4-1)11-5-2-6-12-16-13-7-8-14-16;1-4-5-6-7-8-10(11)12-9(2)3;8-3-1-2-7(11)12-5-6(10)4-9;2*1-2(3)4;1-2/h1,3-4,9-10,16H,2,5-8,11-14H2;4-5,9H,6-8H2,1-3H3;3,6,9-10H,1-2,4-5H2;2*1H3,(H,3,4);2H,1H3/b;5-4-;;;;. The molecule has 0 amide bonds. The number of ether oxygens (including phenoxy) is 2. The summed E-state index contributed by atoms with van der Waals surface area (Å²) in [4.78, 5) is 49.4. The summed E-state index contributed by atoms with van der Waals surface area (Å²) >= 11 is 0. The van der Waals surface area contributed by atoms with Gasteiger partial charge in [-0.3, -0.25) is 19.2 Å². The van der Waals surface area contributed by atoms with Crippen LogP contribution in [0.4, 0.5) is 0 Å². The van der Waals surface area contributed by atoms with E-state index < -0.39 is 30.6 Å². The Hall–Kier alpha value is -3.61. The molecule has 1 unspecified atom stereocenters. The summed E-state index contributed by atoms with van der Waals surface area (Å²) in [6, 6.07) is 10.9. The van der Waals surface area contributed by atoms with Crippen LogP contribution in [0, 0.1) is 5.92 Å². The van der Waals surface area contributed by atoms with Crippen molar-refractivity contribution < 1.29 is 59.0 Å². The second kappa shape index (κ2) is 41.6. The van der Waals surface area contributed by atoms with Gasteiger partial charge in [0.25, 0.3) is 11.9 Å². The largest absolute Gasteiger partial charge is 0.481 e. The van der Waals surface area contributed by atoms with Gasteiger partial charge < -0.3 is 39.8 Å². The Morgan fingerprint density at radius 3 is 1.90 bits per heavy atom. The van der Waals surface area contributed by atoms with E-state index in [2.05, 4.69) is 41.1 Å². The molecule has 1 aliphatic carbocycles. The summed E-state index contributed by atoms with van der Waals surface area (Å²) in [5, 5.41) is 38.9. The number of carboxylic acids is 2. The summed E-state index contributed by atoms with van der Waals surface area (Å²) in [5.74, 6) is -1.22. The molecular weight excluding hydrogens is 648 g/mol. The van der Waals surface area contributed by atoms with Crippen LogP contribution in [0.1, 0.15) is 124 Å². The van der Waals surface area contributed by atoms with Gasteiger partial charge in [0.05, 0.1) is 19.1 Å². The lowest BCUT2D eigenvalue weighted by Gasteiger charge is -2.07. The third-order valence-corrected chi connectivity index (χ3v) is 6.36. The lowest BCUT2D eigenvalue weighted by atomic mass is 9.98. The average Bonchev–Trinajstić information content (AvgIpc) is 3.59. The zero-order chi connectivity index (χ0) is 39.0. The van der Waals surface area contributed by atoms with Crippen LogP contribution < -0.4 is 0 Å². The lowest BCUT2D eigenvalue weighted by molar-refractivity contribution is -0.148. The minimum atomic E-state index is -1.04. The number of unbranched alkanes of at least 4 members (excludes halogenated alkanes) is 3. The van der Waals surface area contributed by atoms with Gasteiger partial charge in [0.1, 0.15) is 19.0 Å². The van der Waals surface area contributed by atoms with Crippen LogP contribution in [0.2, 0.25) is 0 Å². The van der Waals surface area contributed by atoms with Crippen LogP contribution in [0.5, 0.6) is 0 Å². The van der Waals surface area contributed by atoms with Crippen molar-refractivity contribution in [3.63, 3.8) is 0 Å². The first-order chi connectivity index (χ1) is 23.8. The van der Waals surface area contributed by atoms with E-state index >= 15 is 0 Å². The third kappa shape index (κ3) is 51.2. The second-order valence-corrected chi connectivity index (χ2v) is 11.5. The fourth-order valence-corrected chi connectivity index (χ4v) is 4.23. The smallest absolute Gasteiger partial charge is 0.306 e. The Kier molecular flexibility index (Phi) is 44.2. The topological polar surface area (TPSA) is 205 Å². The SMILES string of the molecule is C/C=C\CCCC(=O)OC(C)C.CC(=O)O.CC(=O)O.CO.O=CCCC(=O)OCC(O)CO.c1ccc(CCCCCC2CCCC2)cc1. The molecule has 1 fully saturated rings. The molecule has 0 aliphatic heterocycles. The predicted molar refractivity (Wildman–Crippen MR) is 195 cm³/mol. The first-order valence-corrected chi connectivity index (χ1v) is 17.3. The Bertz CT molecular complexity index is 938. The van der Waals surface area contributed by atoms with Crippen LogP contribution in [-0.4, -0.2) is 88.2 Å². The highest BCUT2D eigenvalue weighted by molar-refractivity contribution is 5.72. The van der Waals surface area contributed by atoms with E-state index in [1.807, 2.05) is 26.8 Å². The van der Waals surface area contributed by atoms with Gasteiger partial charge in [-0.25, -0.2) is 0 Å². The molecule has 0 saturated heterocycles. The van der Waals surface area contributed by atoms with Crippen molar-refractivity contribution in [1.82, 2.24) is 0 Å². The number of benzene rings is 1. The molecule has 12 heteroatoms. The van der Waals surface area contributed by atoms with Crippen molar-refractivity contribution in [3.05, 3.63) is 48.0 Å². The van der Waals surface area contributed by atoms with E-state index in [1.165, 1.54) is 63.4 Å². The van der Waals surface area contributed by atoms with Gasteiger partial charge >= 0.3 is 11.9 Å². The van der Waals surface area contributed by atoms with E-state index in [-0.39, 0.29) is 31.5 Å². The predicted octanol–water partition coefficient (Wildman–Crippen LogP) is 6.32. The molecule has 5 N–H and O–H groups in total. The summed E-state index contributed by atoms with van der Waals surface area (Å²) in [5.41, 5.74) is 1.50. The number of aliphatic hydroxyl groups is 3. The maximum atomic E-state index is 11.0. The normalized spacial score (nSPS) is 12.0. The zero-order valence-electron chi connectivity index (χ0n) is 31.3. The Balaban J connectivity index is -0.000000283. The summed E-state index contributed by atoms with van der Waals surface area (Å²) in [7, 11) is 1.00. The number of carboxylic acid groups (broad SMARTS) is 2. The molecule has 50 heavy (non-hydrogen) atoms. The van der Waals surface area contributed by atoms with E-state index in [1.54, 1.807) is 0 Å². The minimum absolute atomic E-state index is 0.0132. The van der Waals surface area contributed by atoms with E-state index in [4.69, 9.17) is 39.9 Å². The zero-order valence-corrected chi connectivity index (χ0v) is 31.3. The van der Waals surface area contributed by atoms with Crippen molar-refractivity contribution in [1.29, 1.82) is 0 Å². The monoisotopic (exact) mass is 714 g/mol. The molecular formula is C38H66O12. The Labute approximate surface area is 299 Å². The van der Waals surface area contributed by atoms with Crippen molar-refractivity contribution >= 4 is 30.2 Å². The number of esters is 2. The van der Waals surface area contributed by atoms with Gasteiger partial charge in [0.2, 0.25) is 0 Å². The van der Waals surface area contributed by atoms with Gasteiger partial charge in [0, 0.05) is 33.8 Å². The molecule has 1 aliphatic rings. The van der Waals surface area contributed by atoms with Crippen LogP contribution in [0.25, 0.3) is 0 Å². The number of aliphatic carboxylic acids is 2. The van der Waals surface area contributed by atoms with Crippen molar-refractivity contribution in [2.75, 3.05) is 20.3 Å². The number of hydrogen-bond donors (Lipinski definition) is 5. The molecule has 0 radical (unpaired) electrons. The number of carbonyl (C=O) groups is 5. The number of allylic oxidation sites excluding steroid dienone is 2. The molecule has 0 bridgehead atoms. The molecule has 0 heterocycles. The molecule has 0 spiro atoms. The lowest BCUT2D eigenvalue weighted by Crippen LogP contribution is -2.21. The highest BCUT2D eigenvalue weighted by Crippen LogP contribution is 2.29. The Morgan fingerprint density at radius 1 is 0.860 bits per heavy atom. The number of carbonyl (C=O) groups excluding carboxylic acids is 3. The van der Waals surface area contributed by atoms with Crippen molar-refractivity contribution in [3.8, 4) is 0 Å². The number of aliphatic hydroxyl groups excluding tert-OH is 3. The Morgan fingerprint density at radius 2 is 1.42 bits per heavy atom. The minimum Gasteiger partial charge on any atom is -0.481 e. The summed E-state index contributed by atoms with van der Waals surface area (Å²) < 4.78 is 9.46. The molecule has 1 saturated carbocycles. The van der Waals surface area contributed by atoms with Gasteiger partial charge in [-0.1, -0.05) is 87.4 Å². The fraction of sp³-hybridized carbons (Fsp3) is 0.658. The highest BCUT2D eigenvalue weighted by atomic mass is 16.5. The number of aryl methyl sites for hydroxylation is 1. The fourth-order valence-electron chi connectivity index (χ4n) is 4.23. The molecule has 1 aromatic carbocycles. The van der Waals surface area contributed by atoms with E-state index in [0.29, 0.717) is 12.7 Å². The quantitative estimate of drug-likeness (QED) is 0.0521. The number of rotatable bonds is 17. The van der Waals surface area contributed by atoms with Gasteiger partial charge in [-0.15, -0.1) is 0 Å². The first-order valence-electron chi connectivity index (χ1n) is 17.3. The molecule has 290 valence electrons. The van der Waals surface area contributed by atoms with Crippen molar-refractivity contribution in [2.24, 2.45) is 5.92 Å². The second-order valence-electron chi connectivity index (χ2n) is 11.5. The average molecular weight is 715 g/mol. The van der Waals surface area contributed by atoms with Crippen LogP contribution in [0.3, 0.4) is 0 Å². The molecule has 2 rings (SSSR count). The third-order valence-electron chi connectivity index (χ3n) is 6.36. The molecule has 0 aromatic heterocycles.